The average Bonchev–Trinajstić information content (AvgIpc) is 3.25. The molecule has 0 radical (unpaired) electrons. The van der Waals surface area contributed by atoms with E-state index < -0.39 is 5.82 Å². The molecule has 1 aliphatic carbocycles. The first-order valence-corrected chi connectivity index (χ1v) is 7.13. The molecule has 0 spiro atoms. The van der Waals surface area contributed by atoms with E-state index in [2.05, 4.69) is 0 Å². The van der Waals surface area contributed by atoms with Crippen LogP contribution in [-0.4, -0.2) is 37.5 Å². The summed E-state index contributed by atoms with van der Waals surface area (Å²) in [5, 5.41) is 0. The van der Waals surface area contributed by atoms with Crippen LogP contribution in [0.3, 0.4) is 0 Å². The van der Waals surface area contributed by atoms with Crippen LogP contribution in [-0.2, 0) is 19.1 Å². The SMILES string of the molecule is O=C1COCCN1c1ccc(N2C(=O)[C@H]3C[C@@H]3C2=O)c(F)c1. The van der Waals surface area contributed by atoms with Gasteiger partial charge in [-0.15, -0.1) is 0 Å². The summed E-state index contributed by atoms with van der Waals surface area (Å²) in [7, 11) is 0. The quantitative estimate of drug-likeness (QED) is 0.754. The molecular weight excluding hydrogens is 291 g/mol. The van der Waals surface area contributed by atoms with Crippen LogP contribution in [0.5, 0.6) is 0 Å². The number of ether oxygens (including phenoxy) is 1. The van der Waals surface area contributed by atoms with Crippen molar-refractivity contribution >= 4 is 29.1 Å². The molecular formula is C15H13FN2O4. The third-order valence-electron chi connectivity index (χ3n) is 4.34. The number of fused-ring (bicyclic) bond motifs is 1. The topological polar surface area (TPSA) is 66.9 Å². The Morgan fingerprint density at radius 1 is 1.14 bits per heavy atom. The van der Waals surface area contributed by atoms with Gasteiger partial charge < -0.3 is 9.64 Å². The van der Waals surface area contributed by atoms with Gasteiger partial charge in [-0.25, -0.2) is 9.29 Å². The smallest absolute Gasteiger partial charge is 0.253 e. The van der Waals surface area contributed by atoms with Gasteiger partial charge in [-0.05, 0) is 24.6 Å². The first kappa shape index (κ1) is 13.4. The van der Waals surface area contributed by atoms with Crippen molar-refractivity contribution < 1.29 is 23.5 Å². The van der Waals surface area contributed by atoms with E-state index in [0.29, 0.717) is 25.3 Å². The van der Waals surface area contributed by atoms with E-state index in [-0.39, 0.29) is 41.9 Å². The second-order valence-corrected chi connectivity index (χ2v) is 5.69. The number of halogens is 1. The van der Waals surface area contributed by atoms with Crippen LogP contribution in [0.25, 0.3) is 0 Å². The fraction of sp³-hybridized carbons (Fsp3) is 0.400. The minimum atomic E-state index is -0.681. The summed E-state index contributed by atoms with van der Waals surface area (Å²) in [4.78, 5) is 38.1. The molecule has 7 heteroatoms. The third-order valence-corrected chi connectivity index (χ3v) is 4.34. The van der Waals surface area contributed by atoms with E-state index in [1.807, 2.05) is 0 Å². The molecule has 114 valence electrons. The maximum absolute atomic E-state index is 14.4. The lowest BCUT2D eigenvalue weighted by Crippen LogP contribution is -2.41. The van der Waals surface area contributed by atoms with Crippen molar-refractivity contribution in [3.63, 3.8) is 0 Å². The molecule has 2 aliphatic heterocycles. The van der Waals surface area contributed by atoms with Gasteiger partial charge in [0.1, 0.15) is 12.4 Å². The zero-order valence-corrected chi connectivity index (χ0v) is 11.6. The lowest BCUT2D eigenvalue weighted by molar-refractivity contribution is -0.126. The van der Waals surface area contributed by atoms with E-state index >= 15 is 0 Å². The highest BCUT2D eigenvalue weighted by Crippen LogP contribution is 2.48. The minimum absolute atomic E-state index is 0.0319. The maximum atomic E-state index is 14.4. The minimum Gasteiger partial charge on any atom is -0.370 e. The largest absolute Gasteiger partial charge is 0.370 e. The number of hydrogen-bond acceptors (Lipinski definition) is 4. The average molecular weight is 304 g/mol. The predicted octanol–water partition coefficient (Wildman–Crippen LogP) is 0.698. The normalized spacial score (nSPS) is 27.4. The lowest BCUT2D eigenvalue weighted by atomic mass is 10.2. The predicted molar refractivity (Wildman–Crippen MR) is 73.7 cm³/mol. The Hall–Kier alpha value is -2.28. The summed E-state index contributed by atoms with van der Waals surface area (Å²) >= 11 is 0. The molecule has 2 saturated heterocycles. The number of carbonyl (C=O) groups excluding carboxylic acids is 3. The van der Waals surface area contributed by atoms with Crippen LogP contribution < -0.4 is 9.80 Å². The van der Waals surface area contributed by atoms with Crippen molar-refractivity contribution in [1.29, 1.82) is 0 Å². The van der Waals surface area contributed by atoms with Crippen molar-refractivity contribution in [2.45, 2.75) is 6.42 Å². The number of morpholine rings is 1. The molecule has 1 aromatic carbocycles. The summed E-state index contributed by atoms with van der Waals surface area (Å²) in [5.74, 6) is -2.12. The second kappa shape index (κ2) is 4.61. The van der Waals surface area contributed by atoms with Gasteiger partial charge in [0, 0.05) is 12.2 Å². The zero-order valence-electron chi connectivity index (χ0n) is 11.6. The second-order valence-electron chi connectivity index (χ2n) is 5.69. The monoisotopic (exact) mass is 304 g/mol. The third kappa shape index (κ3) is 1.85. The number of piperidine rings is 1. The van der Waals surface area contributed by atoms with Gasteiger partial charge in [-0.1, -0.05) is 0 Å². The Labute approximate surface area is 125 Å². The molecule has 0 unspecified atom stereocenters. The zero-order chi connectivity index (χ0) is 15.4. The van der Waals surface area contributed by atoms with Crippen LogP contribution in [0, 0.1) is 17.7 Å². The van der Waals surface area contributed by atoms with Crippen LogP contribution in [0.4, 0.5) is 15.8 Å². The number of imide groups is 1. The Morgan fingerprint density at radius 3 is 2.50 bits per heavy atom. The van der Waals surface area contributed by atoms with Gasteiger partial charge in [-0.3, -0.25) is 14.4 Å². The number of carbonyl (C=O) groups is 3. The van der Waals surface area contributed by atoms with E-state index in [1.165, 1.54) is 17.0 Å². The molecule has 1 aromatic rings. The molecule has 3 amide bonds. The number of nitrogens with zero attached hydrogens (tertiary/aromatic N) is 2. The van der Waals surface area contributed by atoms with Crippen LogP contribution in [0.2, 0.25) is 0 Å². The Bertz CT molecular complexity index is 685. The summed E-state index contributed by atoms with van der Waals surface area (Å²) < 4.78 is 19.4. The van der Waals surface area contributed by atoms with E-state index in [1.54, 1.807) is 6.07 Å². The highest BCUT2D eigenvalue weighted by Gasteiger charge is 2.59. The van der Waals surface area contributed by atoms with E-state index in [0.717, 1.165) is 4.90 Å². The van der Waals surface area contributed by atoms with Crippen molar-refractivity contribution in [3.05, 3.63) is 24.0 Å². The summed E-state index contributed by atoms with van der Waals surface area (Å²) in [6, 6.07) is 4.11. The Balaban J connectivity index is 1.64. The van der Waals surface area contributed by atoms with Gasteiger partial charge in [0.2, 0.25) is 11.8 Å². The molecule has 2 atom stereocenters. The van der Waals surface area contributed by atoms with Crippen molar-refractivity contribution in [1.82, 2.24) is 0 Å². The van der Waals surface area contributed by atoms with Crippen molar-refractivity contribution in [2.24, 2.45) is 11.8 Å². The highest BCUT2D eigenvalue weighted by molar-refractivity contribution is 6.24. The van der Waals surface area contributed by atoms with Gasteiger partial charge in [-0.2, -0.15) is 0 Å². The van der Waals surface area contributed by atoms with Crippen molar-refractivity contribution in [2.75, 3.05) is 29.6 Å². The Kier molecular flexibility index (Phi) is 2.80. The van der Waals surface area contributed by atoms with Gasteiger partial charge >= 0.3 is 0 Å². The number of amides is 3. The van der Waals surface area contributed by atoms with Crippen molar-refractivity contribution in [3.8, 4) is 0 Å². The molecule has 2 heterocycles. The van der Waals surface area contributed by atoms with Crippen LogP contribution in [0.1, 0.15) is 6.42 Å². The van der Waals surface area contributed by atoms with E-state index in [9.17, 15) is 18.8 Å². The number of rotatable bonds is 2. The van der Waals surface area contributed by atoms with Gasteiger partial charge in [0.05, 0.1) is 24.1 Å². The molecule has 1 saturated carbocycles. The molecule has 0 N–H and O–H groups in total. The summed E-state index contributed by atoms with van der Waals surface area (Å²) in [6.45, 7) is 0.709. The fourth-order valence-electron chi connectivity index (χ4n) is 3.05. The molecule has 22 heavy (non-hydrogen) atoms. The van der Waals surface area contributed by atoms with Gasteiger partial charge in [0.15, 0.2) is 0 Å². The lowest BCUT2D eigenvalue weighted by Gasteiger charge is -2.27. The molecule has 0 aromatic heterocycles. The number of benzene rings is 1. The Morgan fingerprint density at radius 2 is 1.86 bits per heavy atom. The molecule has 3 fully saturated rings. The number of anilines is 2. The standard InChI is InChI=1S/C15H13FN2O4/c16-11-5-8(17-3-4-22-7-13(17)19)1-2-12(11)18-14(20)9-6-10(9)15(18)21/h1-2,5,9-10H,3-4,6-7H2/t9-,10-/m0/s1. The maximum Gasteiger partial charge on any atom is 0.253 e. The molecule has 4 rings (SSSR count). The fourth-order valence-corrected chi connectivity index (χ4v) is 3.05. The summed E-state index contributed by atoms with van der Waals surface area (Å²) in [5.41, 5.74) is 0.366. The van der Waals surface area contributed by atoms with E-state index in [4.69, 9.17) is 4.74 Å². The molecule has 0 bridgehead atoms. The van der Waals surface area contributed by atoms with Crippen LogP contribution in [0.15, 0.2) is 18.2 Å². The summed E-state index contributed by atoms with van der Waals surface area (Å²) in [6.07, 6.45) is 0.580. The molecule has 6 nitrogen and oxygen atoms in total. The van der Waals surface area contributed by atoms with Crippen LogP contribution >= 0.6 is 0 Å². The highest BCUT2D eigenvalue weighted by atomic mass is 19.1. The first-order chi connectivity index (χ1) is 10.6. The first-order valence-electron chi connectivity index (χ1n) is 7.13. The molecule has 3 aliphatic rings. The number of hydrogen-bond donors (Lipinski definition) is 0. The van der Waals surface area contributed by atoms with Gasteiger partial charge in [0.25, 0.3) is 5.91 Å².